The van der Waals surface area contributed by atoms with Crippen molar-refractivity contribution in [1.29, 1.82) is 0 Å². The maximum absolute atomic E-state index is 13.4. The first-order chi connectivity index (χ1) is 15.6. The van der Waals surface area contributed by atoms with E-state index in [1.807, 2.05) is 29.6 Å². The van der Waals surface area contributed by atoms with Gasteiger partial charge in [0.05, 0.1) is 19.2 Å². The second-order valence-electron chi connectivity index (χ2n) is 10.4. The van der Waals surface area contributed by atoms with E-state index < -0.39 is 0 Å². The average molecular weight is 473 g/mol. The summed E-state index contributed by atoms with van der Waals surface area (Å²) in [5.41, 5.74) is 2.62. The Morgan fingerprint density at radius 1 is 1.18 bits per heavy atom. The molecule has 1 aliphatic rings. The minimum Gasteiger partial charge on any atom is -0.497 e. The molecule has 7 heteroatoms. The summed E-state index contributed by atoms with van der Waals surface area (Å²) in [6.45, 7) is 12.4. The number of amides is 2. The number of fused-ring (bicyclic) bond motifs is 1. The van der Waals surface area contributed by atoms with Crippen LogP contribution >= 0.6 is 11.3 Å². The molecule has 3 rings (SSSR count). The van der Waals surface area contributed by atoms with E-state index in [2.05, 4.69) is 45.3 Å². The standard InChI is InChI=1S/C26H37N3O3S/c1-16(2)14-27-15-22(30)29-25-23(24(31)28-18-8-10-19(32-6)11-9-18)20-12-7-17(26(3,4)5)13-21(20)33-25/h8-11,16-17,27H,7,12-15H2,1-6H3,(H,28,31)(H,29,30)/p+1/t17-/m1/s1. The van der Waals surface area contributed by atoms with Gasteiger partial charge < -0.3 is 20.7 Å². The predicted molar refractivity (Wildman–Crippen MR) is 135 cm³/mol. The first kappa shape index (κ1) is 25.2. The van der Waals surface area contributed by atoms with E-state index in [1.165, 1.54) is 4.88 Å². The Balaban J connectivity index is 1.85. The number of rotatable bonds is 8. The van der Waals surface area contributed by atoms with Crippen LogP contribution in [0.25, 0.3) is 0 Å². The highest BCUT2D eigenvalue weighted by Gasteiger charge is 2.34. The van der Waals surface area contributed by atoms with Crippen LogP contribution in [0.3, 0.4) is 0 Å². The van der Waals surface area contributed by atoms with E-state index in [1.54, 1.807) is 18.4 Å². The molecule has 1 aliphatic carbocycles. The Bertz CT molecular complexity index is 974. The molecule has 0 saturated carbocycles. The van der Waals surface area contributed by atoms with Gasteiger partial charge in [-0.2, -0.15) is 0 Å². The molecule has 2 amide bonds. The fourth-order valence-corrected chi connectivity index (χ4v) is 5.59. The van der Waals surface area contributed by atoms with E-state index in [0.717, 1.165) is 37.1 Å². The van der Waals surface area contributed by atoms with Gasteiger partial charge >= 0.3 is 0 Å². The van der Waals surface area contributed by atoms with Crippen molar-refractivity contribution in [2.24, 2.45) is 17.3 Å². The molecule has 2 aromatic rings. The maximum Gasteiger partial charge on any atom is 0.280 e. The van der Waals surface area contributed by atoms with Crippen molar-refractivity contribution in [3.05, 3.63) is 40.3 Å². The predicted octanol–water partition coefficient (Wildman–Crippen LogP) is 4.32. The topological polar surface area (TPSA) is 84.0 Å². The number of benzene rings is 1. The monoisotopic (exact) mass is 472 g/mol. The van der Waals surface area contributed by atoms with Crippen LogP contribution in [0, 0.1) is 17.3 Å². The van der Waals surface area contributed by atoms with Crippen LogP contribution in [0.15, 0.2) is 24.3 Å². The number of methoxy groups -OCH3 is 1. The van der Waals surface area contributed by atoms with Gasteiger partial charge in [-0.25, -0.2) is 0 Å². The number of thiophene rings is 1. The molecule has 1 atom stereocenters. The number of hydrogen-bond donors (Lipinski definition) is 3. The molecule has 33 heavy (non-hydrogen) atoms. The quantitative estimate of drug-likeness (QED) is 0.535. The van der Waals surface area contributed by atoms with Crippen molar-refractivity contribution in [1.82, 2.24) is 0 Å². The highest BCUT2D eigenvalue weighted by Crippen LogP contribution is 2.44. The lowest BCUT2D eigenvalue weighted by Crippen LogP contribution is -2.87. The van der Waals surface area contributed by atoms with E-state index in [0.29, 0.717) is 34.6 Å². The molecule has 180 valence electrons. The van der Waals surface area contributed by atoms with Crippen LogP contribution < -0.4 is 20.7 Å². The third kappa shape index (κ3) is 6.58. The molecule has 0 fully saturated rings. The SMILES string of the molecule is COc1ccc(NC(=O)c2c(NC(=O)C[NH2+]CC(C)C)sc3c2CC[C@@H](C(C)(C)C)C3)cc1. The highest BCUT2D eigenvalue weighted by atomic mass is 32.1. The Morgan fingerprint density at radius 3 is 2.48 bits per heavy atom. The molecule has 1 aromatic carbocycles. The normalized spacial score (nSPS) is 15.8. The Hall–Kier alpha value is -2.38. The molecule has 0 spiro atoms. The average Bonchev–Trinajstić information content (AvgIpc) is 3.10. The molecule has 0 radical (unpaired) electrons. The second kappa shape index (κ2) is 10.7. The van der Waals surface area contributed by atoms with Crippen LogP contribution in [0.4, 0.5) is 10.7 Å². The van der Waals surface area contributed by atoms with Crippen LogP contribution in [0.1, 0.15) is 61.8 Å². The first-order valence-corrected chi connectivity index (χ1v) is 12.6. The van der Waals surface area contributed by atoms with Crippen molar-refractivity contribution < 1.29 is 19.6 Å². The number of carbonyl (C=O) groups is 2. The summed E-state index contributed by atoms with van der Waals surface area (Å²) in [6.07, 6.45) is 2.85. The number of hydrogen-bond acceptors (Lipinski definition) is 4. The largest absolute Gasteiger partial charge is 0.497 e. The lowest BCUT2D eigenvalue weighted by molar-refractivity contribution is -0.648. The number of nitrogens with one attached hydrogen (secondary N) is 2. The van der Waals surface area contributed by atoms with Gasteiger partial charge in [0.2, 0.25) is 0 Å². The van der Waals surface area contributed by atoms with Crippen molar-refractivity contribution >= 4 is 33.8 Å². The van der Waals surface area contributed by atoms with Crippen LogP contribution in [-0.4, -0.2) is 32.0 Å². The summed E-state index contributed by atoms with van der Waals surface area (Å²) < 4.78 is 5.21. The van der Waals surface area contributed by atoms with Crippen LogP contribution in [0.2, 0.25) is 0 Å². The molecular weight excluding hydrogens is 434 g/mol. The van der Waals surface area contributed by atoms with Crippen molar-refractivity contribution in [2.45, 2.75) is 53.9 Å². The fourth-order valence-electron chi connectivity index (χ4n) is 4.25. The van der Waals surface area contributed by atoms with Gasteiger partial charge in [0.1, 0.15) is 10.8 Å². The lowest BCUT2D eigenvalue weighted by atomic mass is 9.72. The Kier molecular flexibility index (Phi) is 8.19. The molecule has 0 bridgehead atoms. The van der Waals surface area contributed by atoms with Crippen molar-refractivity contribution in [2.75, 3.05) is 30.8 Å². The second-order valence-corrected chi connectivity index (χ2v) is 11.5. The number of anilines is 2. The smallest absolute Gasteiger partial charge is 0.280 e. The van der Waals surface area contributed by atoms with Crippen molar-refractivity contribution in [3.8, 4) is 5.75 Å². The third-order valence-electron chi connectivity index (χ3n) is 6.29. The highest BCUT2D eigenvalue weighted by molar-refractivity contribution is 7.17. The molecule has 1 aromatic heterocycles. The summed E-state index contributed by atoms with van der Waals surface area (Å²) in [6, 6.07) is 7.29. The molecule has 0 unspecified atom stereocenters. The van der Waals surface area contributed by atoms with Crippen LogP contribution in [0.5, 0.6) is 5.75 Å². The van der Waals surface area contributed by atoms with E-state index in [9.17, 15) is 9.59 Å². The maximum atomic E-state index is 13.4. The minimum absolute atomic E-state index is 0.0693. The molecule has 4 N–H and O–H groups in total. The first-order valence-electron chi connectivity index (χ1n) is 11.8. The zero-order valence-corrected chi connectivity index (χ0v) is 21.5. The summed E-state index contributed by atoms with van der Waals surface area (Å²) in [5, 5.41) is 8.74. The number of carbonyl (C=O) groups excluding carboxylic acids is 2. The fraction of sp³-hybridized carbons (Fsp3) is 0.538. The minimum atomic E-state index is -0.173. The van der Waals surface area contributed by atoms with Gasteiger partial charge in [-0.15, -0.1) is 11.3 Å². The summed E-state index contributed by atoms with van der Waals surface area (Å²) in [4.78, 5) is 27.3. The summed E-state index contributed by atoms with van der Waals surface area (Å²) in [7, 11) is 1.61. The van der Waals surface area contributed by atoms with Crippen molar-refractivity contribution in [3.63, 3.8) is 0 Å². The van der Waals surface area contributed by atoms with Gasteiger partial charge in [-0.05, 0) is 60.4 Å². The van der Waals surface area contributed by atoms with Gasteiger partial charge in [0, 0.05) is 16.5 Å². The van der Waals surface area contributed by atoms with Crippen LogP contribution in [-0.2, 0) is 17.6 Å². The molecular formula is C26H38N3O3S+. The summed E-state index contributed by atoms with van der Waals surface area (Å²) in [5.74, 6) is 1.57. The van der Waals surface area contributed by atoms with Gasteiger partial charge in [0.25, 0.3) is 11.8 Å². The number of quaternary nitrogens is 1. The van der Waals surface area contributed by atoms with E-state index >= 15 is 0 Å². The molecule has 0 aliphatic heterocycles. The lowest BCUT2D eigenvalue weighted by Gasteiger charge is -2.33. The Labute approximate surface area is 201 Å². The molecule has 1 heterocycles. The zero-order chi connectivity index (χ0) is 24.2. The number of nitrogens with two attached hydrogens (primary N) is 1. The van der Waals surface area contributed by atoms with E-state index in [4.69, 9.17) is 4.74 Å². The van der Waals surface area contributed by atoms with Gasteiger partial charge in [0.15, 0.2) is 6.54 Å². The molecule has 6 nitrogen and oxygen atoms in total. The Morgan fingerprint density at radius 2 is 1.88 bits per heavy atom. The van der Waals surface area contributed by atoms with E-state index in [-0.39, 0.29) is 17.2 Å². The molecule has 0 saturated heterocycles. The number of ether oxygens (including phenoxy) is 1. The van der Waals surface area contributed by atoms with Gasteiger partial charge in [-0.3, -0.25) is 9.59 Å². The summed E-state index contributed by atoms with van der Waals surface area (Å²) >= 11 is 1.57. The zero-order valence-electron chi connectivity index (χ0n) is 20.7. The van der Waals surface area contributed by atoms with Gasteiger partial charge in [-0.1, -0.05) is 34.6 Å². The third-order valence-corrected chi connectivity index (χ3v) is 7.46.